The first-order valence-electron chi connectivity index (χ1n) is 7.54. The van der Waals surface area contributed by atoms with E-state index in [9.17, 15) is 0 Å². The van der Waals surface area contributed by atoms with Gasteiger partial charge in [0.05, 0.1) is 25.9 Å². The van der Waals surface area contributed by atoms with Gasteiger partial charge in [-0.1, -0.05) is 12.1 Å². The zero-order chi connectivity index (χ0) is 13.8. The lowest BCUT2D eigenvalue weighted by atomic mass is 10.1. The van der Waals surface area contributed by atoms with Gasteiger partial charge in [-0.15, -0.1) is 0 Å². The van der Waals surface area contributed by atoms with Crippen LogP contribution in [0.15, 0.2) is 18.2 Å². The number of benzene rings is 1. The molecule has 20 heavy (non-hydrogen) atoms. The molecular weight excluding hydrogens is 254 g/mol. The van der Waals surface area contributed by atoms with Crippen molar-refractivity contribution in [3.8, 4) is 11.5 Å². The second kappa shape index (κ2) is 6.46. The van der Waals surface area contributed by atoms with Crippen molar-refractivity contribution in [2.45, 2.75) is 37.9 Å². The van der Waals surface area contributed by atoms with Crippen LogP contribution in [0.5, 0.6) is 11.5 Å². The molecule has 3 rings (SSSR count). The quantitative estimate of drug-likeness (QED) is 0.918. The first kappa shape index (κ1) is 13.7. The van der Waals surface area contributed by atoms with Crippen molar-refractivity contribution in [2.75, 3.05) is 26.8 Å². The van der Waals surface area contributed by atoms with Gasteiger partial charge in [-0.05, 0) is 31.7 Å². The summed E-state index contributed by atoms with van der Waals surface area (Å²) in [6.45, 7) is 2.48. The smallest absolute Gasteiger partial charge is 0.167 e. The number of ether oxygens (including phenoxy) is 3. The fraction of sp³-hybridized carbons (Fsp3) is 0.625. The summed E-state index contributed by atoms with van der Waals surface area (Å²) in [5.41, 5.74) is 1.10. The molecule has 0 bridgehead atoms. The van der Waals surface area contributed by atoms with E-state index < -0.39 is 0 Å². The highest BCUT2D eigenvalue weighted by Gasteiger charge is 2.25. The summed E-state index contributed by atoms with van der Waals surface area (Å²) in [6.07, 6.45) is 5.17. The average molecular weight is 277 g/mol. The van der Waals surface area contributed by atoms with E-state index in [4.69, 9.17) is 14.2 Å². The maximum absolute atomic E-state index is 6.25. The molecule has 110 valence electrons. The van der Waals surface area contributed by atoms with Gasteiger partial charge in [-0.3, -0.25) is 0 Å². The van der Waals surface area contributed by atoms with Crippen molar-refractivity contribution in [3.63, 3.8) is 0 Å². The molecule has 1 aliphatic carbocycles. The topological polar surface area (TPSA) is 39.7 Å². The fourth-order valence-electron chi connectivity index (χ4n) is 3.01. The first-order chi connectivity index (χ1) is 9.88. The Morgan fingerprint density at radius 1 is 1.25 bits per heavy atom. The largest absolute Gasteiger partial charge is 0.493 e. The molecule has 1 aromatic rings. The average Bonchev–Trinajstić information content (AvgIpc) is 3.01. The van der Waals surface area contributed by atoms with E-state index >= 15 is 0 Å². The molecule has 0 aromatic heterocycles. The summed E-state index contributed by atoms with van der Waals surface area (Å²) in [7, 11) is 1.70. The van der Waals surface area contributed by atoms with Gasteiger partial charge in [0.1, 0.15) is 0 Å². The van der Waals surface area contributed by atoms with Crippen molar-refractivity contribution < 1.29 is 14.2 Å². The van der Waals surface area contributed by atoms with Gasteiger partial charge in [-0.2, -0.15) is 0 Å². The predicted octanol–water partition coefficient (Wildman–Crippen LogP) is 2.68. The Bertz CT molecular complexity index is 437. The summed E-state index contributed by atoms with van der Waals surface area (Å²) in [5, 5.41) is 3.37. The highest BCUT2D eigenvalue weighted by molar-refractivity contribution is 5.48. The van der Waals surface area contributed by atoms with Gasteiger partial charge in [0.25, 0.3) is 0 Å². The molecular formula is C16H23NO3. The number of hydrogen-bond donors (Lipinski definition) is 1. The number of hydrogen-bond acceptors (Lipinski definition) is 4. The van der Waals surface area contributed by atoms with Crippen LogP contribution in [0.3, 0.4) is 0 Å². The third-order valence-electron chi connectivity index (χ3n) is 4.09. The molecule has 1 aliphatic heterocycles. The Balaban J connectivity index is 1.86. The summed E-state index contributed by atoms with van der Waals surface area (Å²) < 4.78 is 17.6. The van der Waals surface area contributed by atoms with Crippen LogP contribution >= 0.6 is 0 Å². The minimum absolute atomic E-state index is 0.0512. The minimum Gasteiger partial charge on any atom is -0.493 e. The molecule has 1 N–H and O–H groups in total. The number of nitrogens with one attached hydrogen (secondary N) is 1. The van der Waals surface area contributed by atoms with Crippen LogP contribution in [-0.2, 0) is 4.74 Å². The molecule has 2 aliphatic rings. The first-order valence-corrected chi connectivity index (χ1v) is 7.54. The maximum atomic E-state index is 6.25. The second-order valence-electron chi connectivity index (χ2n) is 5.47. The molecule has 0 spiro atoms. The lowest BCUT2D eigenvalue weighted by Gasteiger charge is -2.27. The van der Waals surface area contributed by atoms with Crippen LogP contribution in [0.2, 0.25) is 0 Å². The van der Waals surface area contributed by atoms with Gasteiger partial charge >= 0.3 is 0 Å². The van der Waals surface area contributed by atoms with Crippen LogP contribution in [-0.4, -0.2) is 32.9 Å². The highest BCUT2D eigenvalue weighted by atomic mass is 16.5. The summed E-state index contributed by atoms with van der Waals surface area (Å²) in [5.74, 6) is 1.68. The van der Waals surface area contributed by atoms with E-state index in [0.29, 0.717) is 6.10 Å². The van der Waals surface area contributed by atoms with Crippen LogP contribution < -0.4 is 14.8 Å². The maximum Gasteiger partial charge on any atom is 0.167 e. The molecule has 1 unspecified atom stereocenters. The van der Waals surface area contributed by atoms with Crippen molar-refractivity contribution in [1.82, 2.24) is 5.32 Å². The zero-order valence-electron chi connectivity index (χ0n) is 12.1. The molecule has 4 heteroatoms. The van der Waals surface area contributed by atoms with Crippen LogP contribution in [0.1, 0.15) is 37.4 Å². The van der Waals surface area contributed by atoms with Crippen LogP contribution in [0, 0.1) is 0 Å². The van der Waals surface area contributed by atoms with E-state index in [1.165, 1.54) is 12.8 Å². The van der Waals surface area contributed by atoms with E-state index in [1.807, 2.05) is 12.1 Å². The lowest BCUT2D eigenvalue weighted by Crippen LogP contribution is -2.33. The Labute approximate surface area is 120 Å². The van der Waals surface area contributed by atoms with Gasteiger partial charge < -0.3 is 19.5 Å². The number of rotatable bonds is 4. The third kappa shape index (κ3) is 2.91. The SMILES string of the molecule is COc1cccc(C2CNCCO2)c1OC1CCCC1. The van der Waals surface area contributed by atoms with Crippen molar-refractivity contribution in [2.24, 2.45) is 0 Å². The van der Waals surface area contributed by atoms with Crippen LogP contribution in [0.4, 0.5) is 0 Å². The number of morpholine rings is 1. The van der Waals surface area contributed by atoms with Crippen LogP contribution in [0.25, 0.3) is 0 Å². The van der Waals surface area contributed by atoms with Gasteiger partial charge in [0, 0.05) is 18.7 Å². The van der Waals surface area contributed by atoms with Gasteiger partial charge in [0.15, 0.2) is 11.5 Å². The van der Waals surface area contributed by atoms with E-state index in [2.05, 4.69) is 11.4 Å². The normalized spacial score (nSPS) is 23.8. The van der Waals surface area contributed by atoms with Crippen molar-refractivity contribution >= 4 is 0 Å². The Kier molecular flexibility index (Phi) is 4.43. The van der Waals surface area contributed by atoms with Crippen molar-refractivity contribution in [3.05, 3.63) is 23.8 Å². The zero-order valence-corrected chi connectivity index (χ0v) is 12.1. The summed E-state index contributed by atoms with van der Waals surface area (Å²) >= 11 is 0. The molecule has 1 saturated heterocycles. The number of methoxy groups -OCH3 is 1. The highest BCUT2D eigenvalue weighted by Crippen LogP contribution is 2.38. The number of para-hydroxylation sites is 1. The predicted molar refractivity (Wildman–Crippen MR) is 77.4 cm³/mol. The summed E-state index contributed by atoms with van der Waals surface area (Å²) in [6, 6.07) is 6.06. The molecule has 4 nitrogen and oxygen atoms in total. The molecule has 2 fully saturated rings. The molecule has 1 atom stereocenters. The Hall–Kier alpha value is -1.26. The Morgan fingerprint density at radius 2 is 2.10 bits per heavy atom. The minimum atomic E-state index is 0.0512. The second-order valence-corrected chi connectivity index (χ2v) is 5.47. The molecule has 1 aromatic carbocycles. The van der Waals surface area contributed by atoms with Gasteiger partial charge in [-0.25, -0.2) is 0 Å². The molecule has 1 heterocycles. The van der Waals surface area contributed by atoms with E-state index in [0.717, 1.165) is 49.6 Å². The molecule has 0 radical (unpaired) electrons. The Morgan fingerprint density at radius 3 is 2.80 bits per heavy atom. The molecule has 1 saturated carbocycles. The van der Waals surface area contributed by atoms with Gasteiger partial charge in [0.2, 0.25) is 0 Å². The standard InChI is InChI=1S/C16H23NO3/c1-18-14-8-4-7-13(15-11-17-9-10-19-15)16(14)20-12-5-2-3-6-12/h4,7-8,12,15,17H,2-3,5-6,9-11H2,1H3. The van der Waals surface area contributed by atoms with E-state index in [-0.39, 0.29) is 6.10 Å². The third-order valence-corrected chi connectivity index (χ3v) is 4.09. The van der Waals surface area contributed by atoms with Crippen molar-refractivity contribution in [1.29, 1.82) is 0 Å². The lowest BCUT2D eigenvalue weighted by molar-refractivity contribution is 0.0247. The monoisotopic (exact) mass is 277 g/mol. The summed E-state index contributed by atoms with van der Waals surface area (Å²) in [4.78, 5) is 0. The fourth-order valence-corrected chi connectivity index (χ4v) is 3.01. The van der Waals surface area contributed by atoms with E-state index in [1.54, 1.807) is 7.11 Å². The molecule has 0 amide bonds.